The molecule has 5 nitrogen and oxygen atoms in total. The molecule has 1 N–H and O–H groups in total. The van der Waals surface area contributed by atoms with Crippen LogP contribution in [-0.4, -0.2) is 52.1 Å². The van der Waals surface area contributed by atoms with Gasteiger partial charge in [-0.15, -0.1) is 0 Å². The van der Waals surface area contributed by atoms with E-state index in [-0.39, 0.29) is 0 Å². The lowest BCUT2D eigenvalue weighted by molar-refractivity contribution is -0.136. The van der Waals surface area contributed by atoms with Crippen LogP contribution in [0, 0.1) is 5.92 Å². The summed E-state index contributed by atoms with van der Waals surface area (Å²) in [6.45, 7) is 7.08. The number of piperidine rings is 1. The Balaban J connectivity index is 1.56. The number of hydrogen-bond donors (Lipinski definition) is 1. The quantitative estimate of drug-likeness (QED) is 0.907. The van der Waals surface area contributed by atoms with Gasteiger partial charge in [0.1, 0.15) is 0 Å². The third-order valence-electron chi connectivity index (χ3n) is 5.30. The van der Waals surface area contributed by atoms with Gasteiger partial charge < -0.3 is 9.80 Å². The van der Waals surface area contributed by atoms with E-state index in [9.17, 15) is 4.79 Å². The smallest absolute Gasteiger partial charge is 0.222 e. The lowest BCUT2D eigenvalue weighted by Crippen LogP contribution is -2.46. The minimum Gasteiger partial charge on any atom is -0.340 e. The summed E-state index contributed by atoms with van der Waals surface area (Å²) in [4.78, 5) is 16.4. The van der Waals surface area contributed by atoms with Crippen LogP contribution in [0.5, 0.6) is 0 Å². The van der Waals surface area contributed by atoms with Crippen LogP contribution < -0.4 is 0 Å². The average Bonchev–Trinajstić information content (AvgIpc) is 2.92. The van der Waals surface area contributed by atoms with Gasteiger partial charge in [0, 0.05) is 37.8 Å². The van der Waals surface area contributed by atoms with Gasteiger partial charge in [-0.25, -0.2) is 0 Å². The molecule has 0 spiro atoms. The number of aromatic nitrogens is 2. The highest BCUT2D eigenvalue weighted by Gasteiger charge is 2.28. The van der Waals surface area contributed by atoms with Crippen molar-refractivity contribution in [1.29, 1.82) is 0 Å². The molecule has 128 valence electrons. The Kier molecular flexibility index (Phi) is 5.05. The van der Waals surface area contributed by atoms with Crippen LogP contribution in [0.4, 0.5) is 0 Å². The van der Waals surface area contributed by atoms with Gasteiger partial charge in [0.15, 0.2) is 0 Å². The van der Waals surface area contributed by atoms with Gasteiger partial charge in [-0.3, -0.25) is 9.89 Å². The van der Waals surface area contributed by atoms with Gasteiger partial charge in [0.25, 0.3) is 0 Å². The second kappa shape index (κ2) is 7.04. The molecule has 0 radical (unpaired) electrons. The fourth-order valence-electron chi connectivity index (χ4n) is 4.03. The van der Waals surface area contributed by atoms with Crippen LogP contribution in [0.15, 0.2) is 0 Å². The summed E-state index contributed by atoms with van der Waals surface area (Å²) >= 11 is 0. The van der Waals surface area contributed by atoms with Crippen molar-refractivity contribution in [1.82, 2.24) is 20.0 Å². The van der Waals surface area contributed by atoms with E-state index in [1.165, 1.54) is 36.2 Å². The van der Waals surface area contributed by atoms with Crippen molar-refractivity contribution < 1.29 is 4.79 Å². The highest BCUT2D eigenvalue weighted by Crippen LogP contribution is 2.24. The normalized spacial score (nSPS) is 22.0. The summed E-state index contributed by atoms with van der Waals surface area (Å²) in [5, 5.41) is 7.79. The first-order valence-corrected chi connectivity index (χ1v) is 9.07. The van der Waals surface area contributed by atoms with Gasteiger partial charge in [-0.05, 0) is 64.5 Å². The number of nitrogens with zero attached hydrogens (tertiary/aromatic N) is 3. The third kappa shape index (κ3) is 3.77. The highest BCUT2D eigenvalue weighted by atomic mass is 16.2. The number of carbonyl (C=O) groups excluding carboxylic acids is 1. The van der Waals surface area contributed by atoms with E-state index in [0.717, 1.165) is 32.5 Å². The third-order valence-corrected chi connectivity index (χ3v) is 5.30. The van der Waals surface area contributed by atoms with Crippen molar-refractivity contribution in [2.75, 3.05) is 20.1 Å². The van der Waals surface area contributed by atoms with E-state index in [2.05, 4.69) is 36.0 Å². The zero-order chi connectivity index (χ0) is 16.4. The van der Waals surface area contributed by atoms with Crippen molar-refractivity contribution in [3.63, 3.8) is 0 Å². The summed E-state index contributed by atoms with van der Waals surface area (Å²) in [6.07, 6.45) is 6.62. The van der Waals surface area contributed by atoms with E-state index in [1.54, 1.807) is 0 Å². The molecule has 1 saturated heterocycles. The number of nitrogens with one attached hydrogen (secondary N) is 1. The van der Waals surface area contributed by atoms with Crippen LogP contribution in [0.1, 0.15) is 56.5 Å². The van der Waals surface area contributed by atoms with Crippen molar-refractivity contribution in [2.24, 2.45) is 5.92 Å². The molecule has 0 saturated carbocycles. The molecule has 1 amide bonds. The van der Waals surface area contributed by atoms with E-state index < -0.39 is 0 Å². The lowest BCUT2D eigenvalue weighted by atomic mass is 9.94. The summed E-state index contributed by atoms with van der Waals surface area (Å²) in [6, 6.07) is 0.314. The van der Waals surface area contributed by atoms with E-state index in [1.807, 2.05) is 4.90 Å². The average molecular weight is 318 g/mol. The molecule has 2 aliphatic rings. The second-order valence-corrected chi connectivity index (χ2v) is 7.58. The molecule has 1 fully saturated rings. The first kappa shape index (κ1) is 16.5. The van der Waals surface area contributed by atoms with Crippen molar-refractivity contribution in [3.8, 4) is 0 Å². The Morgan fingerprint density at radius 2 is 2.09 bits per heavy atom. The Hall–Kier alpha value is -1.36. The number of aryl methyl sites for hydroxylation is 1. The summed E-state index contributed by atoms with van der Waals surface area (Å²) in [5.41, 5.74) is 4.05. The van der Waals surface area contributed by atoms with Gasteiger partial charge in [-0.2, -0.15) is 5.10 Å². The van der Waals surface area contributed by atoms with Crippen LogP contribution in [0.2, 0.25) is 0 Å². The maximum Gasteiger partial charge on any atom is 0.222 e. The van der Waals surface area contributed by atoms with E-state index >= 15 is 0 Å². The molecule has 23 heavy (non-hydrogen) atoms. The van der Waals surface area contributed by atoms with Crippen molar-refractivity contribution >= 4 is 5.91 Å². The minimum atomic E-state index is 0.314. The molecular weight excluding hydrogens is 288 g/mol. The zero-order valence-electron chi connectivity index (χ0n) is 14.8. The number of carbonyl (C=O) groups is 1. The Morgan fingerprint density at radius 1 is 1.30 bits per heavy atom. The second-order valence-electron chi connectivity index (χ2n) is 7.58. The van der Waals surface area contributed by atoms with Crippen LogP contribution in [-0.2, 0) is 24.2 Å². The molecule has 2 heterocycles. The molecule has 5 heteroatoms. The highest BCUT2D eigenvalue weighted by molar-refractivity contribution is 5.77. The Bertz CT molecular complexity index is 551. The minimum absolute atomic E-state index is 0.314. The van der Waals surface area contributed by atoms with Gasteiger partial charge in [-0.1, -0.05) is 0 Å². The number of likely N-dealkylation sites (tertiary alicyclic amines) is 1. The zero-order valence-corrected chi connectivity index (χ0v) is 14.8. The molecule has 1 aromatic heterocycles. The monoisotopic (exact) mass is 318 g/mol. The van der Waals surface area contributed by atoms with Crippen molar-refractivity contribution in [3.05, 3.63) is 17.0 Å². The van der Waals surface area contributed by atoms with Crippen LogP contribution >= 0.6 is 0 Å². The molecule has 0 aromatic carbocycles. The number of rotatable bonds is 5. The fraction of sp³-hybridized carbons (Fsp3) is 0.778. The number of H-pyrrole nitrogens is 1. The van der Waals surface area contributed by atoms with Gasteiger partial charge in [0.05, 0.1) is 5.69 Å². The van der Waals surface area contributed by atoms with Crippen molar-refractivity contribution in [2.45, 2.75) is 65.0 Å². The predicted molar refractivity (Wildman–Crippen MR) is 91.1 cm³/mol. The molecule has 1 aliphatic heterocycles. The number of amides is 1. The summed E-state index contributed by atoms with van der Waals surface area (Å²) in [5.74, 6) is 0.898. The number of hydrogen-bond acceptors (Lipinski definition) is 3. The summed E-state index contributed by atoms with van der Waals surface area (Å²) in [7, 11) is 2.18. The van der Waals surface area contributed by atoms with Crippen LogP contribution in [0.25, 0.3) is 0 Å². The molecule has 0 bridgehead atoms. The standard InChI is InChI=1S/C18H30N4O/c1-13(2)22-11-14(8-9-18(22)23)10-21(3)12-17-15-6-4-5-7-16(15)19-20-17/h13-14H,4-12H2,1-3H3,(H,19,20). The molecule has 1 aromatic rings. The van der Waals surface area contributed by atoms with Gasteiger partial charge in [0.2, 0.25) is 5.91 Å². The predicted octanol–water partition coefficient (Wildman–Crippen LogP) is 2.37. The first-order valence-electron chi connectivity index (χ1n) is 9.07. The maximum absolute atomic E-state index is 12.0. The van der Waals surface area contributed by atoms with E-state index in [4.69, 9.17) is 0 Å². The lowest BCUT2D eigenvalue weighted by Gasteiger charge is -2.37. The molecule has 3 rings (SSSR count). The van der Waals surface area contributed by atoms with Crippen LogP contribution in [0.3, 0.4) is 0 Å². The first-order chi connectivity index (χ1) is 11.0. The van der Waals surface area contributed by atoms with E-state index in [0.29, 0.717) is 24.3 Å². The summed E-state index contributed by atoms with van der Waals surface area (Å²) < 4.78 is 0. The SMILES string of the molecule is CC(C)N1CC(CN(C)Cc2n[nH]c3c2CCCC3)CCC1=O. The van der Waals surface area contributed by atoms with Gasteiger partial charge >= 0.3 is 0 Å². The number of fused-ring (bicyclic) bond motifs is 1. The molecular formula is C18H30N4O. The fourth-order valence-corrected chi connectivity index (χ4v) is 4.03. The molecule has 1 aliphatic carbocycles. The molecule has 1 atom stereocenters. The maximum atomic E-state index is 12.0. The Labute approximate surface area is 139 Å². The molecule has 1 unspecified atom stereocenters. The number of aromatic amines is 1. The largest absolute Gasteiger partial charge is 0.340 e. The topological polar surface area (TPSA) is 52.2 Å². The Morgan fingerprint density at radius 3 is 2.87 bits per heavy atom.